The third-order valence-electron chi connectivity index (χ3n) is 3.63. The van der Waals surface area contributed by atoms with Gasteiger partial charge in [-0.3, -0.25) is 0 Å². The van der Waals surface area contributed by atoms with Crippen molar-refractivity contribution in [3.8, 4) is 5.75 Å². The summed E-state index contributed by atoms with van der Waals surface area (Å²) in [6.07, 6.45) is 2.21. The van der Waals surface area contributed by atoms with Crippen molar-refractivity contribution >= 4 is 39.5 Å². The highest BCUT2D eigenvalue weighted by atomic mass is 79.9. The van der Waals surface area contributed by atoms with E-state index >= 15 is 0 Å². The fourth-order valence-electron chi connectivity index (χ4n) is 2.55. The van der Waals surface area contributed by atoms with Crippen LogP contribution in [0.15, 0.2) is 22.7 Å². The molecular weight excluding hydrogens is 366 g/mol. The Labute approximate surface area is 145 Å². The van der Waals surface area contributed by atoms with E-state index in [-0.39, 0.29) is 0 Å². The van der Waals surface area contributed by atoms with Crippen LogP contribution in [-0.2, 0) is 6.42 Å². The maximum Gasteiger partial charge on any atom is 0.122 e. The molecule has 1 saturated heterocycles. The molecule has 1 aliphatic rings. The van der Waals surface area contributed by atoms with Crippen LogP contribution >= 0.6 is 39.5 Å². The van der Waals surface area contributed by atoms with E-state index in [4.69, 9.17) is 4.74 Å². The fourth-order valence-corrected chi connectivity index (χ4v) is 5.84. The summed E-state index contributed by atoms with van der Waals surface area (Å²) in [4.78, 5) is 0. The molecule has 1 aromatic carbocycles. The number of hydrogen-bond donors (Lipinski definition) is 1. The predicted molar refractivity (Wildman–Crippen MR) is 100 cm³/mol. The molecule has 0 aliphatic carbocycles. The summed E-state index contributed by atoms with van der Waals surface area (Å²) in [5, 5.41) is 4.45. The smallest absolute Gasteiger partial charge is 0.122 e. The van der Waals surface area contributed by atoms with Crippen LogP contribution in [0.4, 0.5) is 0 Å². The minimum Gasteiger partial charge on any atom is -0.496 e. The Kier molecular flexibility index (Phi) is 7.78. The van der Waals surface area contributed by atoms with Gasteiger partial charge in [-0.1, -0.05) is 22.9 Å². The van der Waals surface area contributed by atoms with Crippen LogP contribution in [0.25, 0.3) is 0 Å². The highest BCUT2D eigenvalue weighted by Gasteiger charge is 2.25. The van der Waals surface area contributed by atoms with Gasteiger partial charge in [-0.2, -0.15) is 23.5 Å². The van der Waals surface area contributed by atoms with Crippen molar-refractivity contribution in [1.82, 2.24) is 5.32 Å². The molecule has 0 bridgehead atoms. The molecule has 1 fully saturated rings. The fraction of sp³-hybridized carbons (Fsp3) is 0.625. The van der Waals surface area contributed by atoms with Gasteiger partial charge in [0.05, 0.1) is 7.11 Å². The lowest BCUT2D eigenvalue weighted by atomic mass is 10.0. The van der Waals surface area contributed by atoms with Crippen molar-refractivity contribution in [3.63, 3.8) is 0 Å². The molecule has 0 radical (unpaired) electrons. The standard InChI is InChI=1S/C16H24BrNOS2/c1-3-6-18-14(16-11-20-7-8-21-16)10-12-9-13(17)4-5-15(12)19-2/h4-5,9,14,16,18H,3,6-8,10-11H2,1-2H3. The third kappa shape index (κ3) is 5.38. The average Bonchev–Trinajstić information content (AvgIpc) is 2.52. The normalized spacial score (nSPS) is 20.2. The van der Waals surface area contributed by atoms with Gasteiger partial charge in [0.25, 0.3) is 0 Å². The summed E-state index contributed by atoms with van der Waals surface area (Å²) in [7, 11) is 1.76. The number of rotatable bonds is 7. The van der Waals surface area contributed by atoms with Gasteiger partial charge < -0.3 is 10.1 Å². The first-order chi connectivity index (χ1) is 10.2. The molecule has 0 spiro atoms. The topological polar surface area (TPSA) is 21.3 Å². The van der Waals surface area contributed by atoms with Crippen LogP contribution in [0, 0.1) is 0 Å². The summed E-state index contributed by atoms with van der Waals surface area (Å²) in [5.41, 5.74) is 1.29. The molecular formula is C16H24BrNOS2. The Bertz CT molecular complexity index is 438. The van der Waals surface area contributed by atoms with Crippen LogP contribution < -0.4 is 10.1 Å². The Hall–Kier alpha value is 0.160. The zero-order valence-corrected chi connectivity index (χ0v) is 16.0. The maximum atomic E-state index is 5.53. The van der Waals surface area contributed by atoms with E-state index in [1.807, 2.05) is 6.07 Å². The van der Waals surface area contributed by atoms with E-state index in [2.05, 4.69) is 63.8 Å². The lowest BCUT2D eigenvalue weighted by Gasteiger charge is -2.31. The van der Waals surface area contributed by atoms with Gasteiger partial charge in [0.15, 0.2) is 0 Å². The van der Waals surface area contributed by atoms with Gasteiger partial charge in [0, 0.05) is 33.0 Å². The molecule has 2 nitrogen and oxygen atoms in total. The Morgan fingerprint density at radius 2 is 2.29 bits per heavy atom. The molecule has 2 unspecified atom stereocenters. The van der Waals surface area contributed by atoms with Crippen molar-refractivity contribution < 1.29 is 4.74 Å². The second kappa shape index (κ2) is 9.33. The zero-order valence-electron chi connectivity index (χ0n) is 12.7. The van der Waals surface area contributed by atoms with Crippen LogP contribution in [0.1, 0.15) is 18.9 Å². The lowest BCUT2D eigenvalue weighted by Crippen LogP contribution is -2.43. The third-order valence-corrected chi connectivity index (χ3v) is 7.04. The largest absolute Gasteiger partial charge is 0.496 e. The summed E-state index contributed by atoms with van der Waals surface area (Å²) in [6, 6.07) is 6.81. The molecule has 1 N–H and O–H groups in total. The minimum absolute atomic E-state index is 0.519. The molecule has 2 rings (SSSR count). The van der Waals surface area contributed by atoms with Crippen LogP contribution in [0.3, 0.4) is 0 Å². The molecule has 118 valence electrons. The van der Waals surface area contributed by atoms with Crippen LogP contribution in [-0.4, -0.2) is 42.2 Å². The van der Waals surface area contributed by atoms with Crippen molar-refractivity contribution in [3.05, 3.63) is 28.2 Å². The number of nitrogens with one attached hydrogen (secondary N) is 1. The second-order valence-electron chi connectivity index (χ2n) is 5.21. The highest BCUT2D eigenvalue weighted by Crippen LogP contribution is 2.30. The predicted octanol–water partition coefficient (Wildman–Crippen LogP) is 4.22. The van der Waals surface area contributed by atoms with Gasteiger partial charge >= 0.3 is 0 Å². The molecule has 2 atom stereocenters. The van der Waals surface area contributed by atoms with E-state index in [0.717, 1.165) is 23.2 Å². The second-order valence-corrected chi connectivity index (χ2v) is 8.62. The van der Waals surface area contributed by atoms with Gasteiger partial charge in [0.1, 0.15) is 5.75 Å². The molecule has 21 heavy (non-hydrogen) atoms. The molecule has 0 saturated carbocycles. The molecule has 1 aliphatic heterocycles. The van der Waals surface area contributed by atoms with Gasteiger partial charge in [0.2, 0.25) is 0 Å². The first-order valence-corrected chi connectivity index (χ1v) is 10.5. The summed E-state index contributed by atoms with van der Waals surface area (Å²) in [5.74, 6) is 4.81. The number of thioether (sulfide) groups is 2. The Balaban J connectivity index is 2.11. The minimum atomic E-state index is 0.519. The van der Waals surface area contributed by atoms with Crippen LogP contribution in [0.5, 0.6) is 5.75 Å². The highest BCUT2D eigenvalue weighted by molar-refractivity contribution is 9.10. The van der Waals surface area contributed by atoms with Gasteiger partial charge in [-0.05, 0) is 43.1 Å². The first-order valence-electron chi connectivity index (χ1n) is 7.49. The Morgan fingerprint density at radius 1 is 1.43 bits per heavy atom. The van der Waals surface area contributed by atoms with Crippen LogP contribution in [0.2, 0.25) is 0 Å². The molecule has 5 heteroatoms. The maximum absolute atomic E-state index is 5.53. The van der Waals surface area contributed by atoms with Gasteiger partial charge in [-0.25, -0.2) is 0 Å². The zero-order chi connectivity index (χ0) is 15.1. The first kappa shape index (κ1) is 17.5. The van der Waals surface area contributed by atoms with Gasteiger partial charge in [-0.15, -0.1) is 0 Å². The van der Waals surface area contributed by atoms with E-state index in [1.54, 1.807) is 7.11 Å². The summed E-state index contributed by atoms with van der Waals surface area (Å²) < 4.78 is 6.66. The summed E-state index contributed by atoms with van der Waals surface area (Å²) >= 11 is 7.79. The molecule has 0 aromatic heterocycles. The van der Waals surface area contributed by atoms with Crippen molar-refractivity contribution in [2.45, 2.75) is 31.1 Å². The Morgan fingerprint density at radius 3 is 2.95 bits per heavy atom. The number of benzene rings is 1. The number of ether oxygens (including phenoxy) is 1. The van der Waals surface area contributed by atoms with Crippen molar-refractivity contribution in [2.24, 2.45) is 0 Å². The van der Waals surface area contributed by atoms with Crippen molar-refractivity contribution in [2.75, 3.05) is 30.9 Å². The number of methoxy groups -OCH3 is 1. The van der Waals surface area contributed by atoms with E-state index in [1.165, 1.54) is 29.2 Å². The summed E-state index contributed by atoms with van der Waals surface area (Å²) in [6.45, 7) is 3.31. The van der Waals surface area contributed by atoms with E-state index in [0.29, 0.717) is 11.3 Å². The SMILES string of the molecule is CCCNC(Cc1cc(Br)ccc1OC)C1CSCCS1. The number of halogens is 1. The van der Waals surface area contributed by atoms with Crippen molar-refractivity contribution in [1.29, 1.82) is 0 Å². The molecule has 1 heterocycles. The molecule has 0 amide bonds. The average molecular weight is 390 g/mol. The monoisotopic (exact) mass is 389 g/mol. The molecule has 1 aromatic rings. The quantitative estimate of drug-likeness (QED) is 0.752. The van der Waals surface area contributed by atoms with E-state index < -0.39 is 0 Å². The number of hydrogen-bond acceptors (Lipinski definition) is 4. The van der Waals surface area contributed by atoms with E-state index in [9.17, 15) is 0 Å². The lowest BCUT2D eigenvalue weighted by molar-refractivity contribution is 0.404.